The third kappa shape index (κ3) is 2.59. The SMILES string of the molecule is C[C@@H]1CN(C(=O)c2cnc(-c3cnn(C)c3)s2)CCN1. The van der Waals surface area contributed by atoms with Gasteiger partial charge in [0.15, 0.2) is 0 Å². The molecular formula is C13H17N5OS. The van der Waals surface area contributed by atoms with Gasteiger partial charge in [-0.05, 0) is 6.92 Å². The highest BCUT2D eigenvalue weighted by molar-refractivity contribution is 7.16. The van der Waals surface area contributed by atoms with Gasteiger partial charge >= 0.3 is 0 Å². The summed E-state index contributed by atoms with van der Waals surface area (Å²) in [5, 5.41) is 8.30. The number of carbonyl (C=O) groups excluding carboxylic acids is 1. The molecule has 0 spiro atoms. The standard InChI is InChI=1S/C13H17N5OS/c1-9-7-18(4-3-14-9)13(19)11-6-15-12(20-11)10-5-16-17(2)8-10/h5-6,8-9,14H,3-4,7H2,1-2H3/t9-/m1/s1. The van der Waals surface area contributed by atoms with Crippen molar-refractivity contribution in [2.24, 2.45) is 7.05 Å². The predicted molar refractivity (Wildman–Crippen MR) is 77.7 cm³/mol. The lowest BCUT2D eigenvalue weighted by atomic mass is 10.2. The van der Waals surface area contributed by atoms with Gasteiger partial charge < -0.3 is 10.2 Å². The molecule has 2 aromatic rings. The average molecular weight is 291 g/mol. The Morgan fingerprint density at radius 1 is 1.50 bits per heavy atom. The molecule has 1 aliphatic rings. The number of rotatable bonds is 2. The number of nitrogens with zero attached hydrogens (tertiary/aromatic N) is 4. The molecule has 1 saturated heterocycles. The first-order valence-corrected chi connectivity index (χ1v) is 7.42. The summed E-state index contributed by atoms with van der Waals surface area (Å²) in [7, 11) is 1.87. The smallest absolute Gasteiger partial charge is 0.265 e. The molecule has 1 N–H and O–H groups in total. The van der Waals surface area contributed by atoms with Crippen LogP contribution >= 0.6 is 11.3 Å². The van der Waals surface area contributed by atoms with E-state index in [9.17, 15) is 4.79 Å². The summed E-state index contributed by atoms with van der Waals surface area (Å²) in [5.41, 5.74) is 0.949. The van der Waals surface area contributed by atoms with Crippen LogP contribution in [0.1, 0.15) is 16.6 Å². The first kappa shape index (κ1) is 13.3. The molecule has 7 heteroatoms. The summed E-state index contributed by atoms with van der Waals surface area (Å²) in [6.07, 6.45) is 5.34. The van der Waals surface area contributed by atoms with Crippen molar-refractivity contribution < 1.29 is 4.79 Å². The molecule has 0 saturated carbocycles. The first-order chi connectivity index (χ1) is 9.63. The Kier molecular flexibility index (Phi) is 3.54. The van der Waals surface area contributed by atoms with Crippen LogP contribution in [0.2, 0.25) is 0 Å². The maximum Gasteiger partial charge on any atom is 0.265 e. The Balaban J connectivity index is 1.77. The predicted octanol–water partition coefficient (Wildman–Crippen LogP) is 0.978. The zero-order valence-corrected chi connectivity index (χ0v) is 12.4. The largest absolute Gasteiger partial charge is 0.335 e. The van der Waals surface area contributed by atoms with E-state index in [2.05, 4.69) is 22.3 Å². The van der Waals surface area contributed by atoms with Gasteiger partial charge in [-0.3, -0.25) is 9.48 Å². The highest BCUT2D eigenvalue weighted by atomic mass is 32.1. The van der Waals surface area contributed by atoms with Gasteiger partial charge in [0.1, 0.15) is 9.88 Å². The van der Waals surface area contributed by atoms with Crippen molar-refractivity contribution in [2.45, 2.75) is 13.0 Å². The van der Waals surface area contributed by atoms with Gasteiger partial charge in [-0.15, -0.1) is 11.3 Å². The number of amides is 1. The molecule has 0 bridgehead atoms. The number of thiazole rings is 1. The summed E-state index contributed by atoms with van der Waals surface area (Å²) in [6, 6.07) is 0.346. The van der Waals surface area contributed by atoms with Crippen molar-refractivity contribution in [3.8, 4) is 10.6 Å². The van der Waals surface area contributed by atoms with E-state index in [0.29, 0.717) is 10.9 Å². The van der Waals surface area contributed by atoms with Crippen molar-refractivity contribution in [1.82, 2.24) is 25.0 Å². The Morgan fingerprint density at radius 3 is 3.05 bits per heavy atom. The molecular weight excluding hydrogens is 274 g/mol. The highest BCUT2D eigenvalue weighted by Gasteiger charge is 2.23. The van der Waals surface area contributed by atoms with Crippen LogP contribution < -0.4 is 5.32 Å². The minimum atomic E-state index is 0.0750. The van der Waals surface area contributed by atoms with Crippen LogP contribution in [0.4, 0.5) is 0 Å². The highest BCUT2D eigenvalue weighted by Crippen LogP contribution is 2.25. The molecule has 0 aliphatic carbocycles. The minimum Gasteiger partial charge on any atom is -0.335 e. The summed E-state index contributed by atoms with van der Waals surface area (Å²) in [6.45, 7) is 4.44. The molecule has 106 valence electrons. The molecule has 1 aliphatic heterocycles. The molecule has 3 rings (SSSR count). The van der Waals surface area contributed by atoms with Crippen molar-refractivity contribution in [3.63, 3.8) is 0 Å². The molecule has 0 radical (unpaired) electrons. The zero-order chi connectivity index (χ0) is 14.1. The molecule has 1 amide bonds. The van der Waals surface area contributed by atoms with E-state index in [-0.39, 0.29) is 5.91 Å². The number of hydrogen-bond acceptors (Lipinski definition) is 5. The maximum atomic E-state index is 12.4. The van der Waals surface area contributed by atoms with Crippen LogP contribution in [-0.4, -0.2) is 51.2 Å². The van der Waals surface area contributed by atoms with Crippen molar-refractivity contribution in [1.29, 1.82) is 0 Å². The van der Waals surface area contributed by atoms with Crippen molar-refractivity contribution in [2.75, 3.05) is 19.6 Å². The molecule has 1 atom stereocenters. The fourth-order valence-electron chi connectivity index (χ4n) is 2.31. The fraction of sp³-hybridized carbons (Fsp3) is 0.462. The lowest BCUT2D eigenvalue weighted by molar-refractivity contribution is 0.0714. The van der Waals surface area contributed by atoms with Crippen LogP contribution in [0.25, 0.3) is 10.6 Å². The summed E-state index contributed by atoms with van der Waals surface area (Å²) in [4.78, 5) is 19.4. The number of aryl methyl sites for hydroxylation is 1. The van der Waals surface area contributed by atoms with Gasteiger partial charge in [-0.1, -0.05) is 0 Å². The normalized spacial score (nSPS) is 19.3. The van der Waals surface area contributed by atoms with Crippen LogP contribution in [-0.2, 0) is 7.05 Å². The molecule has 6 nitrogen and oxygen atoms in total. The second kappa shape index (κ2) is 5.34. The van der Waals surface area contributed by atoms with Crippen molar-refractivity contribution >= 4 is 17.2 Å². The Labute approximate surface area is 121 Å². The summed E-state index contributed by atoms with van der Waals surface area (Å²) < 4.78 is 1.73. The lowest BCUT2D eigenvalue weighted by Gasteiger charge is -2.31. The monoisotopic (exact) mass is 291 g/mol. The van der Waals surface area contributed by atoms with Crippen LogP contribution in [0.3, 0.4) is 0 Å². The van der Waals surface area contributed by atoms with Gasteiger partial charge in [0.25, 0.3) is 5.91 Å². The Morgan fingerprint density at radius 2 is 2.35 bits per heavy atom. The van der Waals surface area contributed by atoms with E-state index >= 15 is 0 Å². The van der Waals surface area contributed by atoms with E-state index in [1.165, 1.54) is 11.3 Å². The number of nitrogens with one attached hydrogen (secondary N) is 1. The molecule has 20 heavy (non-hydrogen) atoms. The third-order valence-electron chi connectivity index (χ3n) is 3.32. The first-order valence-electron chi connectivity index (χ1n) is 6.61. The second-order valence-electron chi connectivity index (χ2n) is 5.04. The van der Waals surface area contributed by atoms with Gasteiger partial charge in [-0.25, -0.2) is 4.98 Å². The van der Waals surface area contributed by atoms with Crippen LogP contribution in [0, 0.1) is 0 Å². The molecule has 0 unspecified atom stereocenters. The topological polar surface area (TPSA) is 63.1 Å². The van der Waals surface area contributed by atoms with E-state index in [4.69, 9.17) is 0 Å². The molecule has 1 fully saturated rings. The van der Waals surface area contributed by atoms with E-state index in [1.807, 2.05) is 18.1 Å². The Bertz CT molecular complexity index is 620. The Hall–Kier alpha value is -1.73. The minimum absolute atomic E-state index is 0.0750. The van der Waals surface area contributed by atoms with E-state index in [1.54, 1.807) is 17.1 Å². The zero-order valence-electron chi connectivity index (χ0n) is 11.5. The van der Waals surface area contributed by atoms with Crippen LogP contribution in [0.5, 0.6) is 0 Å². The quantitative estimate of drug-likeness (QED) is 0.896. The van der Waals surface area contributed by atoms with Gasteiger partial charge in [-0.2, -0.15) is 5.10 Å². The van der Waals surface area contributed by atoms with Gasteiger partial charge in [0.2, 0.25) is 0 Å². The molecule has 3 heterocycles. The summed E-state index contributed by atoms with van der Waals surface area (Å²) in [5.74, 6) is 0.0750. The molecule has 0 aromatic carbocycles. The maximum absolute atomic E-state index is 12.4. The lowest BCUT2D eigenvalue weighted by Crippen LogP contribution is -2.51. The van der Waals surface area contributed by atoms with E-state index < -0.39 is 0 Å². The second-order valence-corrected chi connectivity index (χ2v) is 6.07. The van der Waals surface area contributed by atoms with Crippen molar-refractivity contribution in [3.05, 3.63) is 23.5 Å². The number of hydrogen-bond donors (Lipinski definition) is 1. The number of aromatic nitrogens is 3. The fourth-order valence-corrected chi connectivity index (χ4v) is 3.17. The third-order valence-corrected chi connectivity index (χ3v) is 4.36. The number of piperazine rings is 1. The van der Waals surface area contributed by atoms with Gasteiger partial charge in [0, 0.05) is 44.5 Å². The van der Waals surface area contributed by atoms with Gasteiger partial charge in [0.05, 0.1) is 12.4 Å². The van der Waals surface area contributed by atoms with E-state index in [0.717, 1.165) is 30.2 Å². The van der Waals surface area contributed by atoms with Crippen LogP contribution in [0.15, 0.2) is 18.6 Å². The molecule has 2 aromatic heterocycles. The average Bonchev–Trinajstić information content (AvgIpc) is 3.06. The number of carbonyl (C=O) groups is 1. The summed E-state index contributed by atoms with van der Waals surface area (Å²) >= 11 is 1.43.